The maximum absolute atomic E-state index is 5.17. The molecule has 0 aliphatic rings. The molecule has 0 aliphatic carbocycles. The Kier molecular flexibility index (Phi) is 6.02. The van der Waals surface area contributed by atoms with Crippen LogP contribution < -0.4 is 10.1 Å². The molecule has 2 aromatic rings. The van der Waals surface area contributed by atoms with E-state index in [2.05, 4.69) is 52.7 Å². The van der Waals surface area contributed by atoms with Gasteiger partial charge in [-0.2, -0.15) is 0 Å². The molecule has 0 aliphatic heterocycles. The number of methoxy groups -OCH3 is 1. The van der Waals surface area contributed by atoms with Crippen molar-refractivity contribution < 1.29 is 4.74 Å². The Bertz CT molecular complexity index is 577. The number of hydrogen-bond donors (Lipinski definition) is 1. The maximum Gasteiger partial charge on any atom is 0.216 e. The predicted molar refractivity (Wildman–Crippen MR) is 86.9 cm³/mol. The topological polar surface area (TPSA) is 47.0 Å². The molecule has 1 aromatic carbocycles. The maximum atomic E-state index is 5.17. The summed E-state index contributed by atoms with van der Waals surface area (Å²) in [7, 11) is 1.62. The molecule has 21 heavy (non-hydrogen) atoms. The largest absolute Gasteiger partial charge is 0.481 e. The average molecular weight is 303 g/mol. The minimum Gasteiger partial charge on any atom is -0.481 e. The Balaban J connectivity index is 2.26. The Labute approximate surface area is 130 Å². The summed E-state index contributed by atoms with van der Waals surface area (Å²) in [5.74, 6) is 0.605. The molecule has 0 spiro atoms. The van der Waals surface area contributed by atoms with Gasteiger partial charge in [0, 0.05) is 29.1 Å². The van der Waals surface area contributed by atoms with Crippen LogP contribution in [0.2, 0.25) is 0 Å². The number of nitrogens with zero attached hydrogens (tertiary/aromatic N) is 2. The van der Waals surface area contributed by atoms with E-state index in [1.165, 1.54) is 10.5 Å². The van der Waals surface area contributed by atoms with Gasteiger partial charge in [0.05, 0.1) is 7.11 Å². The zero-order valence-electron chi connectivity index (χ0n) is 12.7. The average Bonchev–Trinajstić information content (AvgIpc) is 2.54. The number of nitrogens with one attached hydrogen (secondary N) is 1. The molecule has 1 aromatic heterocycles. The van der Waals surface area contributed by atoms with Gasteiger partial charge in [-0.25, -0.2) is 9.97 Å². The fourth-order valence-corrected chi connectivity index (χ4v) is 2.96. The standard InChI is InChI=1S/C16H21N3OS/c1-4-17-14(13-7-5-6-8-15(13)21-3)9-12-10-16(20-2)19-11-18-12/h5-8,10-11,14,17H,4,9H2,1-3H3. The molecule has 0 bridgehead atoms. The van der Waals surface area contributed by atoms with Crippen LogP contribution in [0, 0.1) is 0 Å². The first-order valence-corrected chi connectivity index (χ1v) is 8.22. The summed E-state index contributed by atoms with van der Waals surface area (Å²) in [6.07, 6.45) is 4.47. The predicted octanol–water partition coefficient (Wildman–Crippen LogP) is 3.10. The molecule has 1 heterocycles. The summed E-state index contributed by atoms with van der Waals surface area (Å²) in [6.45, 7) is 3.03. The molecule has 112 valence electrons. The minimum atomic E-state index is 0.234. The molecule has 0 fully saturated rings. The summed E-state index contributed by atoms with van der Waals surface area (Å²) in [5, 5.41) is 3.55. The van der Waals surface area contributed by atoms with Crippen molar-refractivity contribution in [3.05, 3.63) is 47.9 Å². The zero-order valence-corrected chi connectivity index (χ0v) is 13.5. The molecule has 1 unspecified atom stereocenters. The number of hydrogen-bond acceptors (Lipinski definition) is 5. The molecule has 2 rings (SSSR count). The van der Waals surface area contributed by atoms with Crippen molar-refractivity contribution in [1.82, 2.24) is 15.3 Å². The zero-order chi connectivity index (χ0) is 15.1. The Morgan fingerprint density at radius 2 is 2.10 bits per heavy atom. The summed E-state index contributed by atoms with van der Waals surface area (Å²) in [5.41, 5.74) is 2.29. The number of aromatic nitrogens is 2. The number of rotatable bonds is 7. The molecule has 4 nitrogen and oxygen atoms in total. The third-order valence-corrected chi connectivity index (χ3v) is 4.10. The highest BCUT2D eigenvalue weighted by molar-refractivity contribution is 7.98. The molecule has 5 heteroatoms. The van der Waals surface area contributed by atoms with Gasteiger partial charge in [0.1, 0.15) is 6.33 Å². The Morgan fingerprint density at radius 3 is 2.81 bits per heavy atom. The smallest absolute Gasteiger partial charge is 0.216 e. The van der Waals surface area contributed by atoms with Crippen molar-refractivity contribution in [2.75, 3.05) is 19.9 Å². The number of thioether (sulfide) groups is 1. The number of benzene rings is 1. The quantitative estimate of drug-likeness (QED) is 0.796. The summed E-state index contributed by atoms with van der Waals surface area (Å²) in [4.78, 5) is 9.71. The van der Waals surface area contributed by atoms with E-state index in [1.807, 2.05) is 6.07 Å². The first-order valence-electron chi connectivity index (χ1n) is 6.99. The normalized spacial score (nSPS) is 12.1. The first kappa shape index (κ1) is 15.8. The van der Waals surface area contributed by atoms with Crippen LogP contribution in [0.15, 0.2) is 41.6 Å². The third kappa shape index (κ3) is 4.19. The molecular formula is C16H21N3OS. The second-order valence-electron chi connectivity index (χ2n) is 4.61. The Hall–Kier alpha value is -1.59. The second-order valence-corrected chi connectivity index (χ2v) is 5.46. The van der Waals surface area contributed by atoms with Gasteiger partial charge in [0.25, 0.3) is 0 Å². The van der Waals surface area contributed by atoms with Gasteiger partial charge in [-0.05, 0) is 24.4 Å². The van der Waals surface area contributed by atoms with Crippen LogP contribution in [0.1, 0.15) is 24.2 Å². The van der Waals surface area contributed by atoms with E-state index in [0.717, 1.165) is 18.7 Å². The lowest BCUT2D eigenvalue weighted by Crippen LogP contribution is -2.24. The van der Waals surface area contributed by atoms with Crippen LogP contribution in [-0.2, 0) is 6.42 Å². The van der Waals surface area contributed by atoms with E-state index in [-0.39, 0.29) is 6.04 Å². The highest BCUT2D eigenvalue weighted by atomic mass is 32.2. The van der Waals surface area contributed by atoms with E-state index in [4.69, 9.17) is 4.74 Å². The van der Waals surface area contributed by atoms with Crippen molar-refractivity contribution in [2.24, 2.45) is 0 Å². The van der Waals surface area contributed by atoms with E-state index >= 15 is 0 Å². The fourth-order valence-electron chi connectivity index (χ4n) is 2.30. The summed E-state index contributed by atoms with van der Waals surface area (Å²) in [6, 6.07) is 10.6. The highest BCUT2D eigenvalue weighted by Gasteiger charge is 2.15. The Morgan fingerprint density at radius 1 is 1.29 bits per heavy atom. The molecule has 1 atom stereocenters. The summed E-state index contributed by atoms with van der Waals surface area (Å²) >= 11 is 1.77. The van der Waals surface area contributed by atoms with Gasteiger partial charge in [0.2, 0.25) is 5.88 Å². The lowest BCUT2D eigenvalue weighted by molar-refractivity contribution is 0.395. The molecule has 0 saturated carbocycles. The monoisotopic (exact) mass is 303 g/mol. The minimum absolute atomic E-state index is 0.234. The third-order valence-electron chi connectivity index (χ3n) is 3.29. The van der Waals surface area contributed by atoms with E-state index in [1.54, 1.807) is 25.2 Å². The van der Waals surface area contributed by atoms with Crippen LogP contribution in [0.4, 0.5) is 0 Å². The molecule has 1 N–H and O–H groups in total. The van der Waals surface area contributed by atoms with Gasteiger partial charge >= 0.3 is 0 Å². The van der Waals surface area contributed by atoms with E-state index < -0.39 is 0 Å². The van der Waals surface area contributed by atoms with Crippen molar-refractivity contribution in [1.29, 1.82) is 0 Å². The fraction of sp³-hybridized carbons (Fsp3) is 0.375. The van der Waals surface area contributed by atoms with E-state index in [0.29, 0.717) is 5.88 Å². The lowest BCUT2D eigenvalue weighted by Gasteiger charge is -2.20. The molecule has 0 radical (unpaired) electrons. The van der Waals surface area contributed by atoms with Gasteiger partial charge in [-0.1, -0.05) is 25.1 Å². The SMILES string of the molecule is CCNC(Cc1cc(OC)ncn1)c1ccccc1SC. The molecular weight excluding hydrogens is 282 g/mol. The van der Waals surface area contributed by atoms with Crippen LogP contribution >= 0.6 is 11.8 Å². The highest BCUT2D eigenvalue weighted by Crippen LogP contribution is 2.28. The van der Waals surface area contributed by atoms with Crippen LogP contribution in [0.3, 0.4) is 0 Å². The second kappa shape index (κ2) is 8.00. The van der Waals surface area contributed by atoms with Crippen LogP contribution in [-0.4, -0.2) is 29.9 Å². The van der Waals surface area contributed by atoms with Crippen LogP contribution in [0.5, 0.6) is 5.88 Å². The van der Waals surface area contributed by atoms with Crippen molar-refractivity contribution in [2.45, 2.75) is 24.3 Å². The summed E-state index contributed by atoms with van der Waals surface area (Å²) < 4.78 is 5.17. The van der Waals surface area contributed by atoms with Crippen molar-refractivity contribution in [3.8, 4) is 5.88 Å². The van der Waals surface area contributed by atoms with Crippen molar-refractivity contribution >= 4 is 11.8 Å². The van der Waals surface area contributed by atoms with Gasteiger partial charge in [-0.15, -0.1) is 11.8 Å². The van der Waals surface area contributed by atoms with Gasteiger partial charge in [-0.3, -0.25) is 0 Å². The van der Waals surface area contributed by atoms with Gasteiger partial charge in [0.15, 0.2) is 0 Å². The van der Waals surface area contributed by atoms with Crippen LogP contribution in [0.25, 0.3) is 0 Å². The number of ether oxygens (including phenoxy) is 1. The molecule has 0 amide bonds. The van der Waals surface area contributed by atoms with E-state index in [9.17, 15) is 0 Å². The molecule has 0 saturated heterocycles. The first-order chi connectivity index (χ1) is 10.3. The van der Waals surface area contributed by atoms with Crippen molar-refractivity contribution in [3.63, 3.8) is 0 Å². The number of likely N-dealkylation sites (N-methyl/N-ethyl adjacent to an activating group) is 1. The lowest BCUT2D eigenvalue weighted by atomic mass is 10.0. The van der Waals surface area contributed by atoms with Gasteiger partial charge < -0.3 is 10.1 Å².